The van der Waals surface area contributed by atoms with Gasteiger partial charge in [0.05, 0.1) is 12.0 Å². The number of nitrogens with two attached hydrogens (primary N) is 1. The standard InChI is InChI=1S/C14H14N6O2/c1-22-6-8-2-4-9(5-3-8)18-14(21)11-10-12(15)16-7-17-13(10)20-19-11/h2-5,7H,6H2,1H3,(H,18,21)(H3,15,16,17,19,20). The second-order valence-electron chi connectivity index (χ2n) is 4.64. The summed E-state index contributed by atoms with van der Waals surface area (Å²) in [5, 5.41) is 9.80. The van der Waals surface area contributed by atoms with E-state index in [2.05, 4.69) is 25.5 Å². The molecule has 8 nitrogen and oxygen atoms in total. The summed E-state index contributed by atoms with van der Waals surface area (Å²) in [6.45, 7) is 0.520. The molecule has 0 spiro atoms. The maximum absolute atomic E-state index is 12.3. The molecule has 3 aromatic rings. The van der Waals surface area contributed by atoms with E-state index in [0.717, 1.165) is 5.56 Å². The first-order chi connectivity index (χ1) is 10.7. The van der Waals surface area contributed by atoms with Gasteiger partial charge in [0.15, 0.2) is 11.3 Å². The van der Waals surface area contributed by atoms with E-state index >= 15 is 0 Å². The van der Waals surface area contributed by atoms with E-state index in [9.17, 15) is 4.79 Å². The van der Waals surface area contributed by atoms with Crippen LogP contribution in [0.5, 0.6) is 0 Å². The Hall–Kier alpha value is -3.00. The van der Waals surface area contributed by atoms with Gasteiger partial charge in [-0.2, -0.15) is 5.10 Å². The minimum absolute atomic E-state index is 0.161. The number of rotatable bonds is 4. The van der Waals surface area contributed by atoms with E-state index in [0.29, 0.717) is 23.3 Å². The summed E-state index contributed by atoms with van der Waals surface area (Å²) in [6, 6.07) is 7.33. The van der Waals surface area contributed by atoms with Crippen LogP contribution in [0.2, 0.25) is 0 Å². The summed E-state index contributed by atoms with van der Waals surface area (Å²) in [4.78, 5) is 20.2. The fourth-order valence-corrected chi connectivity index (χ4v) is 2.09. The van der Waals surface area contributed by atoms with Crippen molar-refractivity contribution in [2.24, 2.45) is 0 Å². The molecule has 8 heteroatoms. The lowest BCUT2D eigenvalue weighted by molar-refractivity contribution is 0.102. The van der Waals surface area contributed by atoms with Gasteiger partial charge in [0, 0.05) is 12.8 Å². The summed E-state index contributed by atoms with van der Waals surface area (Å²) < 4.78 is 5.04. The number of nitrogens with one attached hydrogen (secondary N) is 2. The predicted octanol–water partition coefficient (Wildman–Crippen LogP) is 1.33. The quantitative estimate of drug-likeness (QED) is 0.668. The van der Waals surface area contributed by atoms with Gasteiger partial charge in [0.2, 0.25) is 0 Å². The Morgan fingerprint density at radius 1 is 1.32 bits per heavy atom. The second-order valence-corrected chi connectivity index (χ2v) is 4.64. The average Bonchev–Trinajstić information content (AvgIpc) is 2.95. The molecule has 0 saturated carbocycles. The number of amides is 1. The molecule has 0 aliphatic rings. The molecule has 0 fully saturated rings. The minimum atomic E-state index is -0.382. The molecule has 0 saturated heterocycles. The van der Waals surface area contributed by atoms with Crippen LogP contribution in [0.25, 0.3) is 11.0 Å². The Labute approximate surface area is 125 Å². The van der Waals surface area contributed by atoms with Crippen LogP contribution in [0.3, 0.4) is 0 Å². The van der Waals surface area contributed by atoms with Crippen molar-refractivity contribution in [1.29, 1.82) is 0 Å². The Kier molecular flexibility index (Phi) is 3.67. The lowest BCUT2D eigenvalue weighted by Gasteiger charge is -2.05. The number of aromatic nitrogens is 4. The van der Waals surface area contributed by atoms with Crippen molar-refractivity contribution < 1.29 is 9.53 Å². The number of benzene rings is 1. The van der Waals surface area contributed by atoms with Gasteiger partial charge in [-0.15, -0.1) is 0 Å². The minimum Gasteiger partial charge on any atom is -0.383 e. The number of aromatic amines is 1. The molecular formula is C14H14N6O2. The zero-order valence-electron chi connectivity index (χ0n) is 11.8. The molecule has 0 aliphatic carbocycles. The predicted molar refractivity (Wildman–Crippen MR) is 81.2 cm³/mol. The van der Waals surface area contributed by atoms with Crippen LogP contribution >= 0.6 is 0 Å². The van der Waals surface area contributed by atoms with Gasteiger partial charge >= 0.3 is 0 Å². The van der Waals surface area contributed by atoms with Crippen LogP contribution < -0.4 is 11.1 Å². The largest absolute Gasteiger partial charge is 0.383 e. The van der Waals surface area contributed by atoms with Crippen molar-refractivity contribution in [3.8, 4) is 0 Å². The Balaban J connectivity index is 1.84. The molecule has 0 atom stereocenters. The molecule has 0 bridgehead atoms. The third-order valence-electron chi connectivity index (χ3n) is 3.12. The zero-order chi connectivity index (χ0) is 15.5. The molecule has 2 aromatic heterocycles. The van der Waals surface area contributed by atoms with Gasteiger partial charge in [-0.05, 0) is 17.7 Å². The lowest BCUT2D eigenvalue weighted by atomic mass is 10.2. The first-order valence-corrected chi connectivity index (χ1v) is 6.53. The number of methoxy groups -OCH3 is 1. The third-order valence-corrected chi connectivity index (χ3v) is 3.12. The number of nitrogen functional groups attached to an aromatic ring is 1. The van der Waals surface area contributed by atoms with Gasteiger partial charge in [-0.3, -0.25) is 9.89 Å². The second kappa shape index (κ2) is 5.78. The smallest absolute Gasteiger partial charge is 0.277 e. The highest BCUT2D eigenvalue weighted by Crippen LogP contribution is 2.20. The van der Waals surface area contributed by atoms with Gasteiger partial charge in [0.1, 0.15) is 12.1 Å². The van der Waals surface area contributed by atoms with Crippen molar-refractivity contribution in [1.82, 2.24) is 20.2 Å². The van der Waals surface area contributed by atoms with Crippen molar-refractivity contribution >= 4 is 28.4 Å². The van der Waals surface area contributed by atoms with Crippen LogP contribution in [0, 0.1) is 0 Å². The highest BCUT2D eigenvalue weighted by atomic mass is 16.5. The number of ether oxygens (including phenoxy) is 1. The van der Waals surface area contributed by atoms with Crippen molar-refractivity contribution in [3.63, 3.8) is 0 Å². The fourth-order valence-electron chi connectivity index (χ4n) is 2.09. The van der Waals surface area contributed by atoms with Crippen molar-refractivity contribution in [3.05, 3.63) is 41.9 Å². The van der Waals surface area contributed by atoms with E-state index in [1.807, 2.05) is 12.1 Å². The van der Waals surface area contributed by atoms with Crippen LogP contribution in [0.15, 0.2) is 30.6 Å². The lowest BCUT2D eigenvalue weighted by Crippen LogP contribution is -2.13. The van der Waals surface area contributed by atoms with E-state index in [1.54, 1.807) is 19.2 Å². The Morgan fingerprint density at radius 3 is 2.82 bits per heavy atom. The van der Waals surface area contributed by atoms with Crippen molar-refractivity contribution in [2.45, 2.75) is 6.61 Å². The van der Waals surface area contributed by atoms with Crippen LogP contribution in [-0.4, -0.2) is 33.2 Å². The molecular weight excluding hydrogens is 284 g/mol. The number of hydrogen-bond donors (Lipinski definition) is 3. The molecule has 0 unspecified atom stereocenters. The zero-order valence-corrected chi connectivity index (χ0v) is 11.8. The van der Waals surface area contributed by atoms with E-state index in [4.69, 9.17) is 10.5 Å². The van der Waals surface area contributed by atoms with Gasteiger partial charge in [-0.1, -0.05) is 12.1 Å². The summed E-state index contributed by atoms with van der Waals surface area (Å²) in [5.41, 5.74) is 8.03. The number of carbonyl (C=O) groups excluding carboxylic acids is 1. The SMILES string of the molecule is COCc1ccc(NC(=O)c2n[nH]c3ncnc(N)c23)cc1. The first kappa shape index (κ1) is 14.0. The number of fused-ring (bicyclic) bond motifs is 1. The van der Waals surface area contributed by atoms with Crippen LogP contribution in [0.4, 0.5) is 11.5 Å². The maximum atomic E-state index is 12.3. The molecule has 3 rings (SSSR count). The van der Waals surface area contributed by atoms with Crippen LogP contribution in [-0.2, 0) is 11.3 Å². The van der Waals surface area contributed by atoms with E-state index < -0.39 is 0 Å². The maximum Gasteiger partial charge on any atom is 0.277 e. The summed E-state index contributed by atoms with van der Waals surface area (Å²) in [6.07, 6.45) is 1.31. The Bertz CT molecular complexity index is 812. The first-order valence-electron chi connectivity index (χ1n) is 6.53. The van der Waals surface area contributed by atoms with E-state index in [1.165, 1.54) is 6.33 Å². The number of anilines is 2. The highest BCUT2D eigenvalue weighted by Gasteiger charge is 2.17. The number of H-pyrrole nitrogens is 1. The summed E-state index contributed by atoms with van der Waals surface area (Å²) >= 11 is 0. The molecule has 112 valence electrons. The molecule has 1 amide bonds. The Morgan fingerprint density at radius 2 is 2.09 bits per heavy atom. The molecule has 0 aliphatic heterocycles. The van der Waals surface area contributed by atoms with Gasteiger partial charge < -0.3 is 15.8 Å². The van der Waals surface area contributed by atoms with Crippen molar-refractivity contribution in [2.75, 3.05) is 18.2 Å². The topological polar surface area (TPSA) is 119 Å². The number of carbonyl (C=O) groups is 1. The van der Waals surface area contributed by atoms with Gasteiger partial charge in [-0.25, -0.2) is 9.97 Å². The van der Waals surface area contributed by atoms with Crippen LogP contribution in [0.1, 0.15) is 16.1 Å². The summed E-state index contributed by atoms with van der Waals surface area (Å²) in [5.74, 6) is -0.174. The van der Waals surface area contributed by atoms with E-state index in [-0.39, 0.29) is 17.4 Å². The highest BCUT2D eigenvalue weighted by molar-refractivity contribution is 6.12. The molecule has 22 heavy (non-hydrogen) atoms. The number of nitrogens with zero attached hydrogens (tertiary/aromatic N) is 3. The fraction of sp³-hybridized carbons (Fsp3) is 0.143. The molecule has 4 N–H and O–H groups in total. The summed E-state index contributed by atoms with van der Waals surface area (Å²) in [7, 11) is 1.63. The number of hydrogen-bond acceptors (Lipinski definition) is 6. The molecule has 2 heterocycles. The third kappa shape index (κ3) is 2.59. The normalized spacial score (nSPS) is 10.8. The molecule has 1 aromatic carbocycles. The molecule has 0 radical (unpaired) electrons. The average molecular weight is 298 g/mol. The van der Waals surface area contributed by atoms with Gasteiger partial charge in [0.25, 0.3) is 5.91 Å². The monoisotopic (exact) mass is 298 g/mol.